The summed E-state index contributed by atoms with van der Waals surface area (Å²) in [6.07, 6.45) is 1.78. The van der Waals surface area contributed by atoms with Crippen molar-refractivity contribution < 1.29 is 8.42 Å². The average Bonchev–Trinajstić information content (AvgIpc) is 2.65. The Bertz CT molecular complexity index is 631. The number of nitrogens with one attached hydrogen (secondary N) is 1. The molecular formula is C10H11BrN2O2S. The topological polar surface area (TPSA) is 53.2 Å². The van der Waals surface area contributed by atoms with E-state index >= 15 is 0 Å². The van der Waals surface area contributed by atoms with E-state index in [-0.39, 0.29) is 4.90 Å². The van der Waals surface area contributed by atoms with Crippen molar-refractivity contribution in [1.29, 1.82) is 0 Å². The number of halogens is 1. The molecule has 1 N–H and O–H groups in total. The smallest absolute Gasteiger partial charge is 0.242 e. The molecule has 0 spiro atoms. The molecule has 0 amide bonds. The van der Waals surface area contributed by atoms with Crippen molar-refractivity contribution in [2.24, 2.45) is 0 Å². The lowest BCUT2D eigenvalue weighted by Gasteiger charge is -2.11. The summed E-state index contributed by atoms with van der Waals surface area (Å²) in [4.78, 5) is 3.28. The molecule has 86 valence electrons. The molecule has 0 unspecified atom stereocenters. The highest BCUT2D eigenvalue weighted by molar-refractivity contribution is 9.10. The minimum atomic E-state index is -3.39. The van der Waals surface area contributed by atoms with Gasteiger partial charge in [-0.15, -0.1) is 0 Å². The Hall–Kier alpha value is -0.850. The number of hydrogen-bond donors (Lipinski definition) is 1. The van der Waals surface area contributed by atoms with Crippen LogP contribution in [-0.2, 0) is 10.0 Å². The molecular weight excluding hydrogens is 292 g/mol. The third kappa shape index (κ3) is 1.77. The highest BCUT2D eigenvalue weighted by Crippen LogP contribution is 2.27. The molecule has 0 aliphatic heterocycles. The monoisotopic (exact) mass is 302 g/mol. The summed E-state index contributed by atoms with van der Waals surface area (Å²) in [6.45, 7) is 0. The number of H-pyrrole nitrogens is 1. The Kier molecular flexibility index (Phi) is 2.81. The molecule has 0 bridgehead atoms. The van der Waals surface area contributed by atoms with E-state index in [9.17, 15) is 8.42 Å². The van der Waals surface area contributed by atoms with Crippen molar-refractivity contribution in [2.75, 3.05) is 14.1 Å². The molecule has 16 heavy (non-hydrogen) atoms. The predicted octanol–water partition coefficient (Wildman–Crippen LogP) is 2.18. The molecule has 0 saturated carbocycles. The number of sulfonamides is 1. The molecule has 0 atom stereocenters. The number of aromatic amines is 1. The molecule has 2 rings (SSSR count). The second-order valence-corrected chi connectivity index (χ2v) is 6.64. The predicted molar refractivity (Wildman–Crippen MR) is 66.9 cm³/mol. The molecule has 1 aromatic carbocycles. The fourth-order valence-electron chi connectivity index (χ4n) is 1.46. The van der Waals surface area contributed by atoms with Gasteiger partial charge >= 0.3 is 0 Å². The van der Waals surface area contributed by atoms with Gasteiger partial charge in [0.15, 0.2) is 0 Å². The summed E-state index contributed by atoms with van der Waals surface area (Å²) < 4.78 is 25.8. The van der Waals surface area contributed by atoms with Gasteiger partial charge in [0.2, 0.25) is 10.0 Å². The Balaban J connectivity index is 2.72. The Morgan fingerprint density at radius 1 is 1.31 bits per heavy atom. The largest absolute Gasteiger partial charge is 0.361 e. The van der Waals surface area contributed by atoms with Gasteiger partial charge in [0.05, 0.1) is 4.90 Å². The summed E-state index contributed by atoms with van der Waals surface area (Å²) in [5.41, 5.74) is 0.801. The van der Waals surface area contributed by atoms with Crippen LogP contribution in [0.3, 0.4) is 0 Å². The van der Waals surface area contributed by atoms with Crippen LogP contribution in [0.2, 0.25) is 0 Å². The fourth-order valence-corrected chi connectivity index (χ4v) is 3.16. The van der Waals surface area contributed by atoms with Gasteiger partial charge in [0.25, 0.3) is 0 Å². The van der Waals surface area contributed by atoms with Crippen LogP contribution >= 0.6 is 15.9 Å². The van der Waals surface area contributed by atoms with Crippen LogP contribution in [0.5, 0.6) is 0 Å². The van der Waals surface area contributed by atoms with Gasteiger partial charge in [0, 0.05) is 35.7 Å². The van der Waals surface area contributed by atoms with Crippen molar-refractivity contribution in [2.45, 2.75) is 4.90 Å². The van der Waals surface area contributed by atoms with Gasteiger partial charge in [-0.3, -0.25) is 0 Å². The highest BCUT2D eigenvalue weighted by Gasteiger charge is 2.18. The van der Waals surface area contributed by atoms with Crippen molar-refractivity contribution in [1.82, 2.24) is 9.29 Å². The molecule has 0 aliphatic rings. The van der Waals surface area contributed by atoms with Gasteiger partial charge in [-0.05, 0) is 18.2 Å². The lowest BCUT2D eigenvalue weighted by Crippen LogP contribution is -2.22. The van der Waals surface area contributed by atoms with E-state index in [1.54, 1.807) is 18.3 Å². The lowest BCUT2D eigenvalue weighted by molar-refractivity contribution is 0.521. The first-order valence-electron chi connectivity index (χ1n) is 4.62. The normalized spacial score (nSPS) is 12.5. The zero-order valence-electron chi connectivity index (χ0n) is 8.86. The molecule has 6 heteroatoms. The Labute approximate surface area is 102 Å². The summed E-state index contributed by atoms with van der Waals surface area (Å²) in [7, 11) is -0.353. The highest BCUT2D eigenvalue weighted by atomic mass is 79.9. The van der Waals surface area contributed by atoms with Gasteiger partial charge in [0.1, 0.15) is 0 Å². The van der Waals surface area contributed by atoms with Crippen LogP contribution in [0.1, 0.15) is 0 Å². The summed E-state index contributed by atoms with van der Waals surface area (Å²) in [5, 5.41) is 0.970. The standard InChI is InChI=1S/C10H11BrN2O2S/c1-13(2)16(14,15)7-5-9(11)8-3-4-12-10(8)6-7/h3-6,12H,1-2H3. The first-order valence-corrected chi connectivity index (χ1v) is 6.85. The summed E-state index contributed by atoms with van der Waals surface area (Å²) in [5.74, 6) is 0. The van der Waals surface area contributed by atoms with Crippen molar-refractivity contribution in [3.05, 3.63) is 28.9 Å². The van der Waals surface area contributed by atoms with E-state index < -0.39 is 10.0 Å². The summed E-state index contributed by atoms with van der Waals surface area (Å²) in [6, 6.07) is 5.15. The quantitative estimate of drug-likeness (QED) is 0.924. The second-order valence-electron chi connectivity index (χ2n) is 3.63. The van der Waals surface area contributed by atoms with E-state index in [0.29, 0.717) is 0 Å². The van der Waals surface area contributed by atoms with E-state index in [2.05, 4.69) is 20.9 Å². The number of aromatic nitrogens is 1. The first kappa shape index (κ1) is 11.6. The first-order chi connectivity index (χ1) is 7.43. The van der Waals surface area contributed by atoms with Crippen LogP contribution in [0.4, 0.5) is 0 Å². The van der Waals surface area contributed by atoms with Gasteiger partial charge in [-0.1, -0.05) is 15.9 Å². The molecule has 0 radical (unpaired) electrons. The zero-order chi connectivity index (χ0) is 11.9. The number of hydrogen-bond acceptors (Lipinski definition) is 2. The SMILES string of the molecule is CN(C)S(=O)(=O)c1cc(Br)c2cc[nH]c2c1. The molecule has 1 heterocycles. The van der Waals surface area contributed by atoms with Crippen LogP contribution < -0.4 is 0 Å². The number of nitrogens with zero attached hydrogens (tertiary/aromatic N) is 1. The van der Waals surface area contributed by atoms with E-state index in [1.807, 2.05) is 6.07 Å². The third-order valence-electron chi connectivity index (χ3n) is 2.37. The van der Waals surface area contributed by atoms with Gasteiger partial charge < -0.3 is 4.98 Å². The van der Waals surface area contributed by atoms with Crippen molar-refractivity contribution in [3.8, 4) is 0 Å². The van der Waals surface area contributed by atoms with E-state index in [0.717, 1.165) is 15.4 Å². The number of rotatable bonds is 2. The van der Waals surface area contributed by atoms with Crippen molar-refractivity contribution in [3.63, 3.8) is 0 Å². The minimum absolute atomic E-state index is 0.277. The molecule has 0 saturated heterocycles. The Morgan fingerprint density at radius 2 is 2.00 bits per heavy atom. The molecule has 4 nitrogen and oxygen atoms in total. The van der Waals surface area contributed by atoms with Crippen LogP contribution in [0, 0.1) is 0 Å². The fraction of sp³-hybridized carbons (Fsp3) is 0.200. The second kappa shape index (κ2) is 3.87. The van der Waals surface area contributed by atoms with Crippen molar-refractivity contribution >= 4 is 36.9 Å². The van der Waals surface area contributed by atoms with Crippen LogP contribution in [0.15, 0.2) is 33.8 Å². The molecule has 0 aliphatic carbocycles. The molecule has 1 aromatic heterocycles. The zero-order valence-corrected chi connectivity index (χ0v) is 11.3. The number of benzene rings is 1. The van der Waals surface area contributed by atoms with E-state index in [1.165, 1.54) is 18.4 Å². The minimum Gasteiger partial charge on any atom is -0.361 e. The van der Waals surface area contributed by atoms with Gasteiger partial charge in [-0.25, -0.2) is 12.7 Å². The van der Waals surface area contributed by atoms with Crippen LogP contribution in [0.25, 0.3) is 10.9 Å². The van der Waals surface area contributed by atoms with Gasteiger partial charge in [-0.2, -0.15) is 0 Å². The molecule has 0 fully saturated rings. The maximum absolute atomic E-state index is 11.9. The third-order valence-corrected chi connectivity index (χ3v) is 4.82. The average molecular weight is 303 g/mol. The maximum Gasteiger partial charge on any atom is 0.242 e. The summed E-state index contributed by atoms with van der Waals surface area (Å²) >= 11 is 3.37. The lowest BCUT2D eigenvalue weighted by atomic mass is 10.2. The molecule has 2 aromatic rings. The number of fused-ring (bicyclic) bond motifs is 1. The van der Waals surface area contributed by atoms with Crippen LogP contribution in [-0.4, -0.2) is 31.8 Å². The maximum atomic E-state index is 11.9. The van der Waals surface area contributed by atoms with E-state index in [4.69, 9.17) is 0 Å². The Morgan fingerprint density at radius 3 is 2.62 bits per heavy atom.